The Balaban J connectivity index is 1.64. The number of carbonyl (C=O) groups is 1. The molecule has 138 valence electrons. The molecule has 0 unspecified atom stereocenters. The standard InChI is InChI=1S/C20H25N3O3/c1-15-18(21-14-26-15)20(24)23-11-12-25-17(13-22-9-5-6-10-22)19(23)16-7-3-2-4-8-16/h2-4,7-8,14,17,19H,5-6,9-13H2,1H3/t17-,19-/m0/s1. The van der Waals surface area contributed by atoms with Crippen molar-refractivity contribution in [1.82, 2.24) is 14.8 Å². The first kappa shape index (κ1) is 17.2. The molecule has 0 spiro atoms. The largest absolute Gasteiger partial charge is 0.448 e. The van der Waals surface area contributed by atoms with E-state index in [-0.39, 0.29) is 18.1 Å². The van der Waals surface area contributed by atoms with Crippen LogP contribution >= 0.6 is 0 Å². The second kappa shape index (κ2) is 7.60. The third-order valence-corrected chi connectivity index (χ3v) is 5.34. The Labute approximate surface area is 153 Å². The minimum Gasteiger partial charge on any atom is -0.448 e. The molecule has 0 saturated carbocycles. The lowest BCUT2D eigenvalue weighted by Gasteiger charge is -2.42. The minimum absolute atomic E-state index is 0.0413. The van der Waals surface area contributed by atoms with Crippen LogP contribution in [0.4, 0.5) is 0 Å². The molecule has 0 bridgehead atoms. The van der Waals surface area contributed by atoms with Crippen molar-refractivity contribution >= 4 is 5.91 Å². The van der Waals surface area contributed by atoms with Gasteiger partial charge in [0.15, 0.2) is 12.1 Å². The number of aryl methyl sites for hydroxylation is 1. The maximum atomic E-state index is 13.2. The number of ether oxygens (including phenoxy) is 1. The number of likely N-dealkylation sites (tertiary alicyclic amines) is 1. The van der Waals surface area contributed by atoms with Crippen molar-refractivity contribution in [2.75, 3.05) is 32.8 Å². The van der Waals surface area contributed by atoms with Crippen LogP contribution in [0.15, 0.2) is 41.1 Å². The number of benzene rings is 1. The molecule has 0 radical (unpaired) electrons. The van der Waals surface area contributed by atoms with Gasteiger partial charge in [-0.25, -0.2) is 4.98 Å². The number of amides is 1. The Kier molecular flexibility index (Phi) is 5.04. The number of hydrogen-bond donors (Lipinski definition) is 0. The molecule has 2 aromatic rings. The molecule has 2 fully saturated rings. The van der Waals surface area contributed by atoms with E-state index < -0.39 is 0 Å². The first-order valence-corrected chi connectivity index (χ1v) is 9.34. The Morgan fingerprint density at radius 1 is 1.19 bits per heavy atom. The number of hydrogen-bond acceptors (Lipinski definition) is 5. The Morgan fingerprint density at radius 2 is 1.96 bits per heavy atom. The SMILES string of the molecule is Cc1ocnc1C(=O)N1CCO[C@@H](CN2CCCC2)[C@@H]1c1ccccc1. The van der Waals surface area contributed by atoms with Gasteiger partial charge in [0.25, 0.3) is 5.91 Å². The number of rotatable bonds is 4. The highest BCUT2D eigenvalue weighted by molar-refractivity contribution is 5.93. The van der Waals surface area contributed by atoms with E-state index in [9.17, 15) is 4.79 Å². The molecule has 1 aromatic heterocycles. The molecule has 4 rings (SSSR count). The summed E-state index contributed by atoms with van der Waals surface area (Å²) in [6.07, 6.45) is 3.77. The smallest absolute Gasteiger partial charge is 0.276 e. The molecular weight excluding hydrogens is 330 g/mol. The van der Waals surface area contributed by atoms with Crippen LogP contribution in [0, 0.1) is 6.92 Å². The van der Waals surface area contributed by atoms with Gasteiger partial charge in [-0.1, -0.05) is 30.3 Å². The summed E-state index contributed by atoms with van der Waals surface area (Å²) in [5.74, 6) is 0.476. The Hall–Kier alpha value is -2.18. The molecule has 2 saturated heterocycles. The molecule has 3 heterocycles. The molecule has 6 heteroatoms. The predicted molar refractivity (Wildman–Crippen MR) is 96.9 cm³/mol. The highest BCUT2D eigenvalue weighted by Gasteiger charge is 2.39. The fraction of sp³-hybridized carbons (Fsp3) is 0.500. The molecule has 1 amide bonds. The van der Waals surface area contributed by atoms with Crippen molar-refractivity contribution in [1.29, 1.82) is 0 Å². The van der Waals surface area contributed by atoms with Gasteiger partial charge in [-0.05, 0) is 38.4 Å². The Bertz CT molecular complexity index is 740. The average molecular weight is 355 g/mol. The number of oxazole rings is 1. The van der Waals surface area contributed by atoms with Crippen molar-refractivity contribution in [3.05, 3.63) is 53.7 Å². The van der Waals surface area contributed by atoms with E-state index in [1.165, 1.54) is 19.2 Å². The normalized spacial score (nSPS) is 24.1. The summed E-state index contributed by atoms with van der Waals surface area (Å²) in [5.41, 5.74) is 1.50. The van der Waals surface area contributed by atoms with Crippen LogP contribution in [0.1, 0.15) is 40.7 Å². The van der Waals surface area contributed by atoms with Gasteiger partial charge in [0, 0.05) is 13.1 Å². The average Bonchev–Trinajstić information content (AvgIpc) is 3.33. The molecule has 2 aliphatic rings. The van der Waals surface area contributed by atoms with Crippen molar-refractivity contribution in [2.45, 2.75) is 31.9 Å². The first-order chi connectivity index (χ1) is 12.7. The molecule has 26 heavy (non-hydrogen) atoms. The van der Waals surface area contributed by atoms with Gasteiger partial charge in [0.2, 0.25) is 0 Å². The first-order valence-electron chi connectivity index (χ1n) is 9.34. The van der Waals surface area contributed by atoms with Gasteiger partial charge in [-0.15, -0.1) is 0 Å². The molecule has 0 aliphatic carbocycles. The number of carbonyl (C=O) groups excluding carboxylic acids is 1. The lowest BCUT2D eigenvalue weighted by Crippen LogP contribution is -2.51. The second-order valence-corrected chi connectivity index (χ2v) is 7.03. The quantitative estimate of drug-likeness (QED) is 0.844. The monoisotopic (exact) mass is 355 g/mol. The van der Waals surface area contributed by atoms with E-state index in [2.05, 4.69) is 22.0 Å². The van der Waals surface area contributed by atoms with Crippen molar-refractivity contribution in [3.8, 4) is 0 Å². The number of morpholine rings is 1. The zero-order valence-electron chi connectivity index (χ0n) is 15.1. The number of aromatic nitrogens is 1. The zero-order chi connectivity index (χ0) is 17.9. The summed E-state index contributed by atoms with van der Waals surface area (Å²) in [4.78, 5) is 21.7. The summed E-state index contributed by atoms with van der Waals surface area (Å²) in [7, 11) is 0. The van der Waals surface area contributed by atoms with Crippen molar-refractivity contribution < 1.29 is 13.9 Å². The topological polar surface area (TPSA) is 58.8 Å². The van der Waals surface area contributed by atoms with Crippen LogP contribution < -0.4 is 0 Å². The Morgan fingerprint density at radius 3 is 2.65 bits per heavy atom. The van der Waals surface area contributed by atoms with Gasteiger partial charge in [0.05, 0.1) is 18.8 Å². The molecule has 2 aliphatic heterocycles. The van der Waals surface area contributed by atoms with Crippen LogP contribution in [0.3, 0.4) is 0 Å². The molecule has 6 nitrogen and oxygen atoms in total. The second-order valence-electron chi connectivity index (χ2n) is 7.03. The van der Waals surface area contributed by atoms with Gasteiger partial charge in [0.1, 0.15) is 5.76 Å². The zero-order valence-corrected chi connectivity index (χ0v) is 15.1. The molecule has 1 aromatic carbocycles. The molecular formula is C20H25N3O3. The minimum atomic E-state index is -0.117. The van der Waals surface area contributed by atoms with Crippen LogP contribution in [-0.4, -0.2) is 59.6 Å². The fourth-order valence-electron chi connectivity index (χ4n) is 4.02. The van der Waals surface area contributed by atoms with Crippen LogP contribution in [0.25, 0.3) is 0 Å². The molecule has 0 N–H and O–H groups in total. The predicted octanol–water partition coefficient (Wildman–Crippen LogP) is 2.66. The van der Waals surface area contributed by atoms with Crippen molar-refractivity contribution in [2.24, 2.45) is 0 Å². The third-order valence-electron chi connectivity index (χ3n) is 5.34. The summed E-state index contributed by atoms with van der Waals surface area (Å²) < 4.78 is 11.4. The lowest BCUT2D eigenvalue weighted by atomic mass is 9.97. The van der Waals surface area contributed by atoms with Crippen LogP contribution in [0.5, 0.6) is 0 Å². The van der Waals surface area contributed by atoms with E-state index >= 15 is 0 Å². The van der Waals surface area contributed by atoms with E-state index in [1.807, 2.05) is 23.1 Å². The van der Waals surface area contributed by atoms with Gasteiger partial charge in [-0.3, -0.25) is 4.79 Å². The summed E-state index contributed by atoms with van der Waals surface area (Å²) in [5, 5.41) is 0. The van der Waals surface area contributed by atoms with E-state index in [0.29, 0.717) is 24.6 Å². The van der Waals surface area contributed by atoms with Crippen molar-refractivity contribution in [3.63, 3.8) is 0 Å². The van der Waals surface area contributed by atoms with Crippen LogP contribution in [0.2, 0.25) is 0 Å². The van der Waals surface area contributed by atoms with E-state index in [0.717, 1.165) is 25.2 Å². The highest BCUT2D eigenvalue weighted by Crippen LogP contribution is 2.32. The summed E-state index contributed by atoms with van der Waals surface area (Å²) in [6, 6.07) is 10.1. The third kappa shape index (κ3) is 3.39. The summed E-state index contributed by atoms with van der Waals surface area (Å²) in [6.45, 7) is 5.95. The van der Waals surface area contributed by atoms with Gasteiger partial charge in [-0.2, -0.15) is 0 Å². The van der Waals surface area contributed by atoms with Gasteiger partial charge >= 0.3 is 0 Å². The maximum Gasteiger partial charge on any atom is 0.276 e. The van der Waals surface area contributed by atoms with Gasteiger partial charge < -0.3 is 19.0 Å². The summed E-state index contributed by atoms with van der Waals surface area (Å²) >= 11 is 0. The van der Waals surface area contributed by atoms with E-state index in [4.69, 9.17) is 9.15 Å². The van der Waals surface area contributed by atoms with E-state index in [1.54, 1.807) is 6.92 Å². The fourth-order valence-corrected chi connectivity index (χ4v) is 4.02. The van der Waals surface area contributed by atoms with Crippen LogP contribution in [-0.2, 0) is 4.74 Å². The number of nitrogens with zero attached hydrogens (tertiary/aromatic N) is 3. The lowest BCUT2D eigenvalue weighted by molar-refractivity contribution is -0.0709. The highest BCUT2D eigenvalue weighted by atomic mass is 16.5. The molecule has 2 atom stereocenters. The maximum absolute atomic E-state index is 13.2.